The Morgan fingerprint density at radius 3 is 2.57 bits per heavy atom. The molecule has 2 rings (SSSR count). The van der Waals surface area contributed by atoms with Gasteiger partial charge < -0.3 is 20.7 Å². The number of nitrogens with zero attached hydrogens (tertiary/aromatic N) is 3. The summed E-state index contributed by atoms with van der Waals surface area (Å²) in [5.74, 6) is -1.80. The van der Waals surface area contributed by atoms with Crippen molar-refractivity contribution in [3.05, 3.63) is 56.6 Å². The van der Waals surface area contributed by atoms with E-state index in [1.165, 1.54) is 18.6 Å². The lowest BCUT2D eigenvalue weighted by Gasteiger charge is -2.14. The fraction of sp³-hybridized carbons (Fsp3) is 0.267. The van der Waals surface area contributed by atoms with Crippen molar-refractivity contribution in [3.63, 3.8) is 0 Å². The lowest BCUT2D eigenvalue weighted by atomic mass is 10.1. The number of benzene rings is 1. The largest absolute Gasteiger partial charge is 0.480 e. The summed E-state index contributed by atoms with van der Waals surface area (Å²) in [6, 6.07) is 1.92. The summed E-state index contributed by atoms with van der Waals surface area (Å²) < 4.78 is 0. The highest BCUT2D eigenvalue weighted by atomic mass is 16.6. The number of carbonyl (C=O) groups excluding carboxylic acids is 1. The van der Waals surface area contributed by atoms with Crippen molar-refractivity contribution in [1.29, 1.82) is 0 Å². The number of aromatic nitrogens is 2. The van der Waals surface area contributed by atoms with Crippen molar-refractivity contribution in [3.8, 4) is 0 Å². The Bertz CT molecular complexity index is 883. The number of nitrogens with one attached hydrogen (secondary N) is 3. The van der Waals surface area contributed by atoms with Gasteiger partial charge in [0.25, 0.3) is 11.4 Å². The van der Waals surface area contributed by atoms with Crippen LogP contribution in [-0.4, -0.2) is 49.4 Å². The number of carbonyl (C=O) groups is 2. The summed E-state index contributed by atoms with van der Waals surface area (Å²) in [6.45, 7) is -0.0408. The molecule has 0 spiro atoms. The van der Waals surface area contributed by atoms with E-state index < -0.39 is 39.1 Å². The maximum atomic E-state index is 12.0. The highest BCUT2D eigenvalue weighted by Gasteiger charge is 2.22. The van der Waals surface area contributed by atoms with Crippen molar-refractivity contribution < 1.29 is 24.5 Å². The Hall–Kier alpha value is -4.03. The van der Waals surface area contributed by atoms with Crippen LogP contribution in [0.2, 0.25) is 0 Å². The molecule has 13 nitrogen and oxygen atoms in total. The molecule has 0 saturated carbocycles. The van der Waals surface area contributed by atoms with E-state index in [0.717, 1.165) is 12.1 Å². The Labute approximate surface area is 157 Å². The van der Waals surface area contributed by atoms with Gasteiger partial charge in [0.1, 0.15) is 11.7 Å². The smallest absolute Gasteiger partial charge is 0.326 e. The average molecular weight is 392 g/mol. The normalized spacial score (nSPS) is 11.4. The van der Waals surface area contributed by atoms with Gasteiger partial charge in [0, 0.05) is 37.3 Å². The van der Waals surface area contributed by atoms with Gasteiger partial charge in [-0.05, 0) is 6.07 Å². The molecule has 0 unspecified atom stereocenters. The summed E-state index contributed by atoms with van der Waals surface area (Å²) >= 11 is 0. The standard InChI is InChI=1S/C15H16N6O7/c22-14(19-12(15(23)24)5-9-7-16-8-18-9)3-4-17-11-2-1-10(20(25)26)6-13(11)21(27)28/h1-2,6-8,12,17H,3-5H2,(H,16,18)(H,19,22)(H,23,24)/t12-/m0/s1. The molecule has 1 atom stereocenters. The van der Waals surface area contributed by atoms with Crippen molar-refractivity contribution in [2.24, 2.45) is 0 Å². The molecule has 13 heteroatoms. The topological polar surface area (TPSA) is 193 Å². The third-order valence-electron chi connectivity index (χ3n) is 3.67. The van der Waals surface area contributed by atoms with Crippen LogP contribution in [0.4, 0.5) is 17.1 Å². The molecular formula is C15H16N6O7. The number of aliphatic carboxylic acids is 1. The number of hydrogen-bond donors (Lipinski definition) is 4. The monoisotopic (exact) mass is 392 g/mol. The number of hydrogen-bond acceptors (Lipinski definition) is 8. The first-order valence-electron chi connectivity index (χ1n) is 7.94. The van der Waals surface area contributed by atoms with E-state index in [9.17, 15) is 34.9 Å². The molecule has 148 valence electrons. The van der Waals surface area contributed by atoms with Gasteiger partial charge in [-0.3, -0.25) is 25.0 Å². The van der Waals surface area contributed by atoms with Gasteiger partial charge in [-0.15, -0.1) is 0 Å². The van der Waals surface area contributed by atoms with Crippen LogP contribution < -0.4 is 10.6 Å². The number of nitro benzene ring substituents is 2. The predicted molar refractivity (Wildman–Crippen MR) is 94.7 cm³/mol. The molecule has 1 amide bonds. The number of H-pyrrole nitrogens is 1. The van der Waals surface area contributed by atoms with E-state index in [4.69, 9.17) is 0 Å². The first-order valence-corrected chi connectivity index (χ1v) is 7.94. The van der Waals surface area contributed by atoms with E-state index in [1.807, 2.05) is 0 Å². The summed E-state index contributed by atoms with van der Waals surface area (Å²) in [6.07, 6.45) is 2.68. The summed E-state index contributed by atoms with van der Waals surface area (Å²) in [4.78, 5) is 50.0. The molecule has 0 fully saturated rings. The molecule has 0 aliphatic carbocycles. The fourth-order valence-electron chi connectivity index (χ4n) is 2.33. The van der Waals surface area contributed by atoms with E-state index in [1.54, 1.807) is 0 Å². The van der Waals surface area contributed by atoms with Crippen LogP contribution in [0, 0.1) is 20.2 Å². The van der Waals surface area contributed by atoms with E-state index in [-0.39, 0.29) is 25.1 Å². The fourth-order valence-corrected chi connectivity index (χ4v) is 2.33. The van der Waals surface area contributed by atoms with Gasteiger partial charge in [-0.1, -0.05) is 0 Å². The number of imidazole rings is 1. The second kappa shape index (κ2) is 9.07. The Balaban J connectivity index is 1.93. The predicted octanol–water partition coefficient (Wildman–Crippen LogP) is 0.840. The quantitative estimate of drug-likeness (QED) is 0.335. The summed E-state index contributed by atoms with van der Waals surface area (Å²) in [5, 5.41) is 36.0. The minimum Gasteiger partial charge on any atom is -0.480 e. The highest BCUT2D eigenvalue weighted by molar-refractivity contribution is 5.84. The van der Waals surface area contributed by atoms with Crippen molar-refractivity contribution in [1.82, 2.24) is 15.3 Å². The van der Waals surface area contributed by atoms with Crippen molar-refractivity contribution >= 4 is 28.9 Å². The molecule has 0 aliphatic heterocycles. The molecule has 0 saturated heterocycles. The maximum Gasteiger partial charge on any atom is 0.326 e. The molecule has 1 aromatic carbocycles. The van der Waals surface area contributed by atoms with Gasteiger partial charge in [0.15, 0.2) is 0 Å². The zero-order valence-corrected chi connectivity index (χ0v) is 14.3. The van der Waals surface area contributed by atoms with Gasteiger partial charge in [0.05, 0.1) is 22.2 Å². The first kappa shape index (κ1) is 20.3. The van der Waals surface area contributed by atoms with Gasteiger partial charge in [-0.2, -0.15) is 0 Å². The summed E-state index contributed by atoms with van der Waals surface area (Å²) in [5.41, 5.74) is -0.390. The van der Waals surface area contributed by atoms with Crippen molar-refractivity contribution in [2.75, 3.05) is 11.9 Å². The van der Waals surface area contributed by atoms with Crippen LogP contribution in [0.25, 0.3) is 0 Å². The first-order chi connectivity index (χ1) is 13.3. The number of non-ortho nitro benzene ring substituents is 1. The van der Waals surface area contributed by atoms with E-state index in [2.05, 4.69) is 20.6 Å². The molecule has 0 aliphatic rings. The van der Waals surface area contributed by atoms with Crippen LogP contribution in [0.5, 0.6) is 0 Å². The third kappa shape index (κ3) is 5.48. The molecule has 4 N–H and O–H groups in total. The minimum atomic E-state index is -1.22. The van der Waals surface area contributed by atoms with Crippen LogP contribution in [0.15, 0.2) is 30.7 Å². The number of carboxylic acids is 1. The van der Waals surface area contributed by atoms with E-state index in [0.29, 0.717) is 5.69 Å². The number of nitro groups is 2. The number of anilines is 1. The van der Waals surface area contributed by atoms with Crippen LogP contribution in [0.3, 0.4) is 0 Å². The maximum absolute atomic E-state index is 12.0. The average Bonchev–Trinajstić information content (AvgIpc) is 3.14. The molecule has 2 aromatic rings. The molecular weight excluding hydrogens is 376 g/mol. The zero-order chi connectivity index (χ0) is 20.7. The zero-order valence-electron chi connectivity index (χ0n) is 14.3. The molecule has 1 aromatic heterocycles. The van der Waals surface area contributed by atoms with Gasteiger partial charge in [-0.25, -0.2) is 9.78 Å². The molecule has 0 radical (unpaired) electrons. The highest BCUT2D eigenvalue weighted by Crippen LogP contribution is 2.28. The van der Waals surface area contributed by atoms with Crippen LogP contribution in [-0.2, 0) is 16.0 Å². The SMILES string of the molecule is O=C(CCNc1ccc([N+](=O)[O-])cc1[N+](=O)[O-])N[C@@H](Cc1cnc[nH]1)C(=O)O. The molecule has 0 bridgehead atoms. The second-order valence-corrected chi connectivity index (χ2v) is 5.63. The number of rotatable bonds is 10. The Morgan fingerprint density at radius 1 is 1.25 bits per heavy atom. The third-order valence-corrected chi connectivity index (χ3v) is 3.67. The lowest BCUT2D eigenvalue weighted by molar-refractivity contribution is -0.393. The molecule has 28 heavy (non-hydrogen) atoms. The summed E-state index contributed by atoms with van der Waals surface area (Å²) in [7, 11) is 0. The van der Waals surface area contributed by atoms with Crippen molar-refractivity contribution in [2.45, 2.75) is 18.9 Å². The minimum absolute atomic E-state index is 0.00986. The van der Waals surface area contributed by atoms with Gasteiger partial charge >= 0.3 is 5.97 Å². The Kier molecular flexibility index (Phi) is 6.57. The number of aromatic amines is 1. The Morgan fingerprint density at radius 2 is 2.00 bits per heavy atom. The van der Waals surface area contributed by atoms with Crippen LogP contribution in [0.1, 0.15) is 12.1 Å². The van der Waals surface area contributed by atoms with E-state index >= 15 is 0 Å². The van der Waals surface area contributed by atoms with Crippen LogP contribution >= 0.6 is 0 Å². The second-order valence-electron chi connectivity index (χ2n) is 5.63. The van der Waals surface area contributed by atoms with Gasteiger partial charge in [0.2, 0.25) is 5.91 Å². The lowest BCUT2D eigenvalue weighted by Crippen LogP contribution is -2.42. The number of carboxylic acid groups (broad SMARTS) is 1. The molecule has 1 heterocycles. The number of amides is 1.